The molecule has 4 nitrogen and oxygen atoms in total. The second kappa shape index (κ2) is 5.14. The Morgan fingerprint density at radius 1 is 1.44 bits per heavy atom. The first-order valence-corrected chi connectivity index (χ1v) is 6.16. The van der Waals surface area contributed by atoms with Crippen LogP contribution in [0.4, 0.5) is 15.8 Å². The number of halogens is 1. The number of nitro benzene ring substituents is 1. The first-order chi connectivity index (χ1) is 8.58. The van der Waals surface area contributed by atoms with Crippen molar-refractivity contribution in [2.45, 2.75) is 13.5 Å². The van der Waals surface area contributed by atoms with Crippen LogP contribution in [0, 0.1) is 22.9 Å². The SMILES string of the molecule is Cc1ccsc1CNc1ccc(F)c([N+](=O)[O-])c1. The lowest BCUT2D eigenvalue weighted by Gasteiger charge is -2.06. The van der Waals surface area contributed by atoms with E-state index < -0.39 is 16.4 Å². The van der Waals surface area contributed by atoms with Crippen LogP contribution in [0.15, 0.2) is 29.6 Å². The molecule has 6 heteroatoms. The maximum absolute atomic E-state index is 13.1. The van der Waals surface area contributed by atoms with Crippen LogP contribution in [-0.2, 0) is 6.54 Å². The molecular weight excluding hydrogens is 255 g/mol. The molecule has 0 fully saturated rings. The number of benzene rings is 1. The maximum Gasteiger partial charge on any atom is 0.306 e. The summed E-state index contributed by atoms with van der Waals surface area (Å²) in [5.74, 6) is -0.821. The van der Waals surface area contributed by atoms with Crippen molar-refractivity contribution in [3.05, 3.63) is 56.0 Å². The molecule has 0 aliphatic rings. The minimum atomic E-state index is -0.821. The van der Waals surface area contributed by atoms with Crippen LogP contribution in [0.5, 0.6) is 0 Å². The van der Waals surface area contributed by atoms with E-state index >= 15 is 0 Å². The molecule has 0 spiro atoms. The summed E-state index contributed by atoms with van der Waals surface area (Å²) in [6.07, 6.45) is 0. The van der Waals surface area contributed by atoms with E-state index in [1.807, 2.05) is 18.4 Å². The Bertz CT molecular complexity index is 583. The van der Waals surface area contributed by atoms with Gasteiger partial charge >= 0.3 is 5.69 Å². The second-order valence-electron chi connectivity index (χ2n) is 3.80. The lowest BCUT2D eigenvalue weighted by molar-refractivity contribution is -0.387. The molecule has 0 saturated carbocycles. The second-order valence-corrected chi connectivity index (χ2v) is 4.80. The van der Waals surface area contributed by atoms with Gasteiger partial charge in [-0.1, -0.05) is 0 Å². The Morgan fingerprint density at radius 2 is 2.22 bits per heavy atom. The normalized spacial score (nSPS) is 10.3. The van der Waals surface area contributed by atoms with Crippen molar-refractivity contribution in [1.82, 2.24) is 0 Å². The van der Waals surface area contributed by atoms with Crippen LogP contribution < -0.4 is 5.32 Å². The maximum atomic E-state index is 13.1. The van der Waals surface area contributed by atoms with Gasteiger partial charge in [0, 0.05) is 23.2 Å². The number of anilines is 1. The third-order valence-electron chi connectivity index (χ3n) is 2.56. The van der Waals surface area contributed by atoms with Gasteiger partial charge in [-0.25, -0.2) is 0 Å². The number of thiophene rings is 1. The molecule has 1 N–H and O–H groups in total. The Kier molecular flexibility index (Phi) is 3.57. The lowest BCUT2D eigenvalue weighted by Crippen LogP contribution is -2.00. The Labute approximate surface area is 107 Å². The molecule has 0 bridgehead atoms. The Balaban J connectivity index is 2.13. The topological polar surface area (TPSA) is 55.2 Å². The van der Waals surface area contributed by atoms with Crippen molar-refractivity contribution in [3.8, 4) is 0 Å². The van der Waals surface area contributed by atoms with E-state index in [-0.39, 0.29) is 0 Å². The fraction of sp³-hybridized carbons (Fsp3) is 0.167. The molecule has 0 atom stereocenters. The Hall–Kier alpha value is -1.95. The first-order valence-electron chi connectivity index (χ1n) is 5.28. The standard InChI is InChI=1S/C12H11FN2O2S/c1-8-4-5-18-12(8)7-14-9-2-3-10(13)11(6-9)15(16)17/h2-6,14H,7H2,1H3. The zero-order chi connectivity index (χ0) is 13.1. The number of rotatable bonds is 4. The number of hydrogen-bond acceptors (Lipinski definition) is 4. The van der Waals surface area contributed by atoms with E-state index in [1.165, 1.54) is 17.7 Å². The van der Waals surface area contributed by atoms with E-state index in [0.717, 1.165) is 10.9 Å². The highest BCUT2D eigenvalue weighted by molar-refractivity contribution is 7.10. The van der Waals surface area contributed by atoms with E-state index in [9.17, 15) is 14.5 Å². The molecule has 0 saturated heterocycles. The summed E-state index contributed by atoms with van der Waals surface area (Å²) in [5, 5.41) is 15.6. The van der Waals surface area contributed by atoms with E-state index in [2.05, 4.69) is 5.32 Å². The molecular formula is C12H11FN2O2S. The summed E-state index contributed by atoms with van der Waals surface area (Å²) >= 11 is 1.61. The predicted molar refractivity (Wildman–Crippen MR) is 69.4 cm³/mol. The highest BCUT2D eigenvalue weighted by Gasteiger charge is 2.14. The van der Waals surface area contributed by atoms with Gasteiger partial charge in [-0.05, 0) is 36.1 Å². The predicted octanol–water partition coefficient (Wildman–Crippen LogP) is 3.72. The van der Waals surface area contributed by atoms with Crippen molar-refractivity contribution < 1.29 is 9.31 Å². The van der Waals surface area contributed by atoms with Crippen molar-refractivity contribution in [2.24, 2.45) is 0 Å². The molecule has 2 aromatic rings. The van der Waals surface area contributed by atoms with Crippen LogP contribution in [0.25, 0.3) is 0 Å². The lowest BCUT2D eigenvalue weighted by atomic mass is 10.2. The number of aryl methyl sites for hydroxylation is 1. The van der Waals surface area contributed by atoms with Crippen molar-refractivity contribution in [2.75, 3.05) is 5.32 Å². The molecule has 1 aromatic heterocycles. The van der Waals surface area contributed by atoms with Crippen LogP contribution in [0.1, 0.15) is 10.4 Å². The van der Waals surface area contributed by atoms with E-state index in [0.29, 0.717) is 12.2 Å². The van der Waals surface area contributed by atoms with Crippen LogP contribution in [0.2, 0.25) is 0 Å². The third-order valence-corrected chi connectivity index (χ3v) is 3.59. The summed E-state index contributed by atoms with van der Waals surface area (Å²) < 4.78 is 13.1. The van der Waals surface area contributed by atoms with Crippen molar-refractivity contribution >= 4 is 22.7 Å². The van der Waals surface area contributed by atoms with Gasteiger partial charge in [0.05, 0.1) is 4.92 Å². The molecule has 1 aromatic carbocycles. The van der Waals surface area contributed by atoms with Gasteiger partial charge in [0.1, 0.15) is 0 Å². The quantitative estimate of drug-likeness (QED) is 0.678. The molecule has 18 heavy (non-hydrogen) atoms. The minimum absolute atomic E-state index is 0.511. The van der Waals surface area contributed by atoms with Gasteiger partial charge in [-0.3, -0.25) is 10.1 Å². The van der Waals surface area contributed by atoms with E-state index in [1.54, 1.807) is 11.3 Å². The van der Waals surface area contributed by atoms with Gasteiger partial charge in [0.25, 0.3) is 0 Å². The van der Waals surface area contributed by atoms with Gasteiger partial charge in [0.2, 0.25) is 5.82 Å². The molecule has 0 aliphatic carbocycles. The van der Waals surface area contributed by atoms with Crippen molar-refractivity contribution in [1.29, 1.82) is 0 Å². The highest BCUT2D eigenvalue weighted by Crippen LogP contribution is 2.23. The summed E-state index contributed by atoms with van der Waals surface area (Å²) in [7, 11) is 0. The van der Waals surface area contributed by atoms with Gasteiger partial charge in [-0.2, -0.15) is 4.39 Å². The number of nitrogens with one attached hydrogen (secondary N) is 1. The molecule has 2 rings (SSSR count). The summed E-state index contributed by atoms with van der Waals surface area (Å²) in [5.41, 5.74) is 1.20. The average molecular weight is 266 g/mol. The van der Waals surface area contributed by atoms with Gasteiger partial charge in [0.15, 0.2) is 0 Å². The molecule has 0 unspecified atom stereocenters. The largest absolute Gasteiger partial charge is 0.380 e. The molecule has 94 valence electrons. The van der Waals surface area contributed by atoms with Crippen LogP contribution >= 0.6 is 11.3 Å². The number of nitrogens with zero attached hydrogens (tertiary/aromatic N) is 1. The highest BCUT2D eigenvalue weighted by atomic mass is 32.1. The number of hydrogen-bond donors (Lipinski definition) is 1. The van der Waals surface area contributed by atoms with Gasteiger partial charge < -0.3 is 5.32 Å². The summed E-state index contributed by atoms with van der Waals surface area (Å²) in [6.45, 7) is 2.58. The van der Waals surface area contributed by atoms with Crippen LogP contribution in [-0.4, -0.2) is 4.92 Å². The third kappa shape index (κ3) is 2.65. The minimum Gasteiger partial charge on any atom is -0.380 e. The fourth-order valence-corrected chi connectivity index (χ4v) is 2.38. The fourth-order valence-electron chi connectivity index (χ4n) is 1.53. The number of nitro groups is 1. The zero-order valence-corrected chi connectivity index (χ0v) is 10.5. The molecule has 0 radical (unpaired) electrons. The smallest absolute Gasteiger partial charge is 0.306 e. The first kappa shape index (κ1) is 12.5. The van der Waals surface area contributed by atoms with Gasteiger partial charge in [-0.15, -0.1) is 11.3 Å². The van der Waals surface area contributed by atoms with Crippen molar-refractivity contribution in [3.63, 3.8) is 0 Å². The zero-order valence-electron chi connectivity index (χ0n) is 9.64. The summed E-state index contributed by atoms with van der Waals surface area (Å²) in [6, 6.07) is 5.81. The summed E-state index contributed by atoms with van der Waals surface area (Å²) in [4.78, 5) is 11.0. The van der Waals surface area contributed by atoms with Crippen LogP contribution in [0.3, 0.4) is 0 Å². The monoisotopic (exact) mass is 266 g/mol. The molecule has 1 heterocycles. The molecule has 0 aliphatic heterocycles. The van der Waals surface area contributed by atoms with E-state index in [4.69, 9.17) is 0 Å². The average Bonchev–Trinajstić information content (AvgIpc) is 2.73. The Morgan fingerprint density at radius 3 is 2.83 bits per heavy atom. The molecule has 0 amide bonds.